The first-order valence-corrected chi connectivity index (χ1v) is 6.99. The third-order valence-corrected chi connectivity index (χ3v) is 2.99. The molecule has 0 spiro atoms. The summed E-state index contributed by atoms with van der Waals surface area (Å²) in [6, 6.07) is 7.67. The van der Waals surface area contributed by atoms with Gasteiger partial charge in [-0.25, -0.2) is 0 Å². The summed E-state index contributed by atoms with van der Waals surface area (Å²) in [5, 5.41) is 0. The SMILES string of the molecule is NCC#Cc1cccc(OCCOCC2CCCO2)c1. The standard InChI is InChI=1S/C16H21NO3/c17-8-2-5-14-4-1-6-15(12-14)20-11-10-18-13-16-7-3-9-19-16/h1,4,6,12,16H,3,7-11,13,17H2. The van der Waals surface area contributed by atoms with Crippen LogP contribution in [0.3, 0.4) is 0 Å². The smallest absolute Gasteiger partial charge is 0.120 e. The molecule has 1 unspecified atom stereocenters. The van der Waals surface area contributed by atoms with Crippen LogP contribution in [0.25, 0.3) is 0 Å². The summed E-state index contributed by atoms with van der Waals surface area (Å²) in [6.07, 6.45) is 2.51. The van der Waals surface area contributed by atoms with Gasteiger partial charge >= 0.3 is 0 Å². The molecule has 108 valence electrons. The Balaban J connectivity index is 1.65. The Morgan fingerprint density at radius 3 is 3.10 bits per heavy atom. The van der Waals surface area contributed by atoms with E-state index < -0.39 is 0 Å². The molecule has 2 rings (SSSR count). The van der Waals surface area contributed by atoms with Gasteiger partial charge in [-0.3, -0.25) is 0 Å². The largest absolute Gasteiger partial charge is 0.491 e. The third kappa shape index (κ3) is 5.22. The Morgan fingerprint density at radius 2 is 2.30 bits per heavy atom. The normalized spacial score (nSPS) is 17.6. The van der Waals surface area contributed by atoms with Gasteiger partial charge in [-0.05, 0) is 31.0 Å². The highest BCUT2D eigenvalue weighted by molar-refractivity contribution is 5.39. The summed E-state index contributed by atoms with van der Waals surface area (Å²) in [5.41, 5.74) is 6.26. The number of hydrogen-bond donors (Lipinski definition) is 1. The fourth-order valence-corrected chi connectivity index (χ4v) is 2.03. The van der Waals surface area contributed by atoms with Crippen molar-refractivity contribution in [3.05, 3.63) is 29.8 Å². The Kier molecular flexibility index (Phi) is 6.39. The second-order valence-corrected chi connectivity index (χ2v) is 4.59. The first-order chi connectivity index (χ1) is 9.88. The lowest BCUT2D eigenvalue weighted by molar-refractivity contribution is 0.00853. The van der Waals surface area contributed by atoms with Crippen molar-refractivity contribution in [2.45, 2.75) is 18.9 Å². The van der Waals surface area contributed by atoms with Crippen LogP contribution in [0.5, 0.6) is 5.75 Å². The van der Waals surface area contributed by atoms with Crippen LogP contribution < -0.4 is 10.5 Å². The van der Waals surface area contributed by atoms with Gasteiger partial charge < -0.3 is 19.9 Å². The van der Waals surface area contributed by atoms with Crippen molar-refractivity contribution < 1.29 is 14.2 Å². The summed E-state index contributed by atoms with van der Waals surface area (Å²) in [5.74, 6) is 6.60. The van der Waals surface area contributed by atoms with Gasteiger partial charge in [-0.15, -0.1) is 0 Å². The zero-order chi connectivity index (χ0) is 14.0. The maximum atomic E-state index is 5.63. The topological polar surface area (TPSA) is 53.7 Å². The Bertz CT molecular complexity index is 458. The average Bonchev–Trinajstić information content (AvgIpc) is 2.98. The van der Waals surface area contributed by atoms with Crippen molar-refractivity contribution in [3.63, 3.8) is 0 Å². The lowest BCUT2D eigenvalue weighted by Gasteiger charge is -2.11. The van der Waals surface area contributed by atoms with Gasteiger partial charge in [0.2, 0.25) is 0 Å². The van der Waals surface area contributed by atoms with Crippen LogP contribution in [0.15, 0.2) is 24.3 Å². The van der Waals surface area contributed by atoms with Crippen molar-refractivity contribution in [1.29, 1.82) is 0 Å². The molecular weight excluding hydrogens is 254 g/mol. The van der Waals surface area contributed by atoms with E-state index in [9.17, 15) is 0 Å². The van der Waals surface area contributed by atoms with E-state index in [-0.39, 0.29) is 6.10 Å². The molecule has 1 heterocycles. The number of ether oxygens (including phenoxy) is 3. The average molecular weight is 275 g/mol. The van der Waals surface area contributed by atoms with Crippen LogP contribution in [-0.2, 0) is 9.47 Å². The highest BCUT2D eigenvalue weighted by Crippen LogP contribution is 2.13. The van der Waals surface area contributed by atoms with Crippen molar-refractivity contribution in [2.75, 3.05) is 33.0 Å². The maximum Gasteiger partial charge on any atom is 0.120 e. The van der Waals surface area contributed by atoms with Crippen molar-refractivity contribution >= 4 is 0 Å². The molecule has 0 radical (unpaired) electrons. The summed E-state index contributed by atoms with van der Waals surface area (Å²) < 4.78 is 16.6. The Hall–Kier alpha value is -1.54. The number of hydrogen-bond acceptors (Lipinski definition) is 4. The van der Waals surface area contributed by atoms with Crippen LogP contribution >= 0.6 is 0 Å². The fraction of sp³-hybridized carbons (Fsp3) is 0.500. The first-order valence-electron chi connectivity index (χ1n) is 6.99. The minimum Gasteiger partial charge on any atom is -0.491 e. The molecule has 0 aromatic heterocycles. The highest BCUT2D eigenvalue weighted by atomic mass is 16.5. The van der Waals surface area contributed by atoms with Gasteiger partial charge in [0.25, 0.3) is 0 Å². The summed E-state index contributed by atoms with van der Waals surface area (Å²) in [4.78, 5) is 0. The van der Waals surface area contributed by atoms with E-state index in [2.05, 4.69) is 11.8 Å². The molecule has 1 saturated heterocycles. The van der Waals surface area contributed by atoms with Gasteiger partial charge in [0.15, 0.2) is 0 Å². The van der Waals surface area contributed by atoms with Gasteiger partial charge in [0.05, 0.1) is 25.9 Å². The Labute approximate surface area is 120 Å². The highest BCUT2D eigenvalue weighted by Gasteiger charge is 2.14. The van der Waals surface area contributed by atoms with Crippen LogP contribution in [0.2, 0.25) is 0 Å². The summed E-state index contributed by atoms with van der Waals surface area (Å²) in [7, 11) is 0. The molecule has 1 fully saturated rings. The van der Waals surface area contributed by atoms with E-state index in [1.54, 1.807) is 0 Å². The van der Waals surface area contributed by atoms with Crippen molar-refractivity contribution in [1.82, 2.24) is 0 Å². The zero-order valence-corrected chi connectivity index (χ0v) is 11.6. The van der Waals surface area contributed by atoms with E-state index in [0.29, 0.717) is 26.4 Å². The number of nitrogens with two attached hydrogens (primary N) is 1. The van der Waals surface area contributed by atoms with Gasteiger partial charge in [0, 0.05) is 12.2 Å². The third-order valence-electron chi connectivity index (χ3n) is 2.99. The molecule has 20 heavy (non-hydrogen) atoms. The second kappa shape index (κ2) is 8.60. The van der Waals surface area contributed by atoms with E-state index in [0.717, 1.165) is 30.8 Å². The molecule has 4 nitrogen and oxygen atoms in total. The van der Waals surface area contributed by atoms with Crippen molar-refractivity contribution in [2.24, 2.45) is 5.73 Å². The minimum absolute atomic E-state index is 0.268. The van der Waals surface area contributed by atoms with Crippen LogP contribution in [0, 0.1) is 11.8 Å². The van der Waals surface area contributed by atoms with E-state index in [1.807, 2.05) is 24.3 Å². The van der Waals surface area contributed by atoms with Crippen LogP contribution in [0.4, 0.5) is 0 Å². The molecular formula is C16H21NO3. The quantitative estimate of drug-likeness (QED) is 0.632. The van der Waals surface area contributed by atoms with Crippen LogP contribution in [0.1, 0.15) is 18.4 Å². The molecule has 0 aliphatic carbocycles. The second-order valence-electron chi connectivity index (χ2n) is 4.59. The Morgan fingerprint density at radius 1 is 1.35 bits per heavy atom. The van der Waals surface area contributed by atoms with Gasteiger partial charge in [0.1, 0.15) is 12.4 Å². The predicted molar refractivity (Wildman–Crippen MR) is 77.7 cm³/mol. The van der Waals surface area contributed by atoms with Gasteiger partial charge in [-0.2, -0.15) is 0 Å². The van der Waals surface area contributed by atoms with Crippen molar-refractivity contribution in [3.8, 4) is 17.6 Å². The van der Waals surface area contributed by atoms with E-state index in [4.69, 9.17) is 19.9 Å². The zero-order valence-electron chi connectivity index (χ0n) is 11.6. The predicted octanol–water partition coefficient (Wildman–Crippen LogP) is 1.57. The molecule has 4 heteroatoms. The molecule has 0 saturated carbocycles. The number of rotatable bonds is 6. The summed E-state index contributed by atoms with van der Waals surface area (Å²) in [6.45, 7) is 2.98. The monoisotopic (exact) mass is 275 g/mol. The van der Waals surface area contributed by atoms with E-state index >= 15 is 0 Å². The molecule has 1 aromatic carbocycles. The maximum absolute atomic E-state index is 5.63. The number of benzene rings is 1. The first kappa shape index (κ1) is 14.9. The summed E-state index contributed by atoms with van der Waals surface area (Å²) >= 11 is 0. The molecule has 0 amide bonds. The minimum atomic E-state index is 0.268. The molecule has 0 bridgehead atoms. The molecule has 1 aromatic rings. The molecule has 2 N–H and O–H groups in total. The fourth-order valence-electron chi connectivity index (χ4n) is 2.03. The molecule has 1 atom stereocenters. The van der Waals surface area contributed by atoms with Crippen LogP contribution in [-0.4, -0.2) is 39.1 Å². The molecule has 1 aliphatic rings. The van der Waals surface area contributed by atoms with E-state index in [1.165, 1.54) is 0 Å². The lowest BCUT2D eigenvalue weighted by Crippen LogP contribution is -2.17. The lowest BCUT2D eigenvalue weighted by atomic mass is 10.2. The van der Waals surface area contributed by atoms with Gasteiger partial charge in [-0.1, -0.05) is 17.9 Å². The molecule has 1 aliphatic heterocycles.